The molecule has 316 valence electrons. The van der Waals surface area contributed by atoms with Crippen LogP contribution in [0.15, 0.2) is 152 Å². The van der Waals surface area contributed by atoms with Crippen molar-refractivity contribution in [1.82, 2.24) is 0 Å². The first kappa shape index (κ1) is 43.0. The summed E-state index contributed by atoms with van der Waals surface area (Å²) in [6, 6.07) is 57.9. The summed E-state index contributed by atoms with van der Waals surface area (Å²) in [5.41, 5.74) is 21.4. The van der Waals surface area contributed by atoms with Crippen molar-refractivity contribution in [3.05, 3.63) is 185 Å². The molecule has 62 heavy (non-hydrogen) atoms. The third-order valence-electron chi connectivity index (χ3n) is 13.2. The van der Waals surface area contributed by atoms with Crippen molar-refractivity contribution >= 4 is 17.1 Å². The Kier molecular flexibility index (Phi) is 10.6. The number of benzene rings is 7. The summed E-state index contributed by atoms with van der Waals surface area (Å²) < 4.78 is 0. The minimum atomic E-state index is -0.134. The van der Waals surface area contributed by atoms with Gasteiger partial charge in [0, 0.05) is 22.5 Å². The van der Waals surface area contributed by atoms with Gasteiger partial charge in [-0.25, -0.2) is 0 Å². The van der Waals surface area contributed by atoms with E-state index in [0.717, 1.165) is 17.1 Å². The molecular formula is C61H67N. The molecule has 1 aliphatic rings. The van der Waals surface area contributed by atoms with E-state index in [1.165, 1.54) is 77.9 Å². The largest absolute Gasteiger partial charge is 0.310 e. The number of rotatable bonds is 6. The van der Waals surface area contributed by atoms with Crippen LogP contribution in [-0.2, 0) is 27.1 Å². The van der Waals surface area contributed by atoms with E-state index in [9.17, 15) is 0 Å². The first-order valence-electron chi connectivity index (χ1n) is 22.7. The van der Waals surface area contributed by atoms with E-state index < -0.39 is 0 Å². The molecule has 7 aromatic rings. The zero-order valence-electron chi connectivity index (χ0n) is 39.9. The number of nitrogens with zero attached hydrogens (tertiary/aromatic N) is 1. The van der Waals surface area contributed by atoms with Crippen LogP contribution in [0.4, 0.5) is 17.1 Å². The highest BCUT2D eigenvalue weighted by atomic mass is 15.1. The highest BCUT2D eigenvalue weighted by Gasteiger charge is 2.36. The molecule has 0 unspecified atom stereocenters. The van der Waals surface area contributed by atoms with Crippen molar-refractivity contribution in [3.63, 3.8) is 0 Å². The quantitative estimate of drug-likeness (QED) is 0.162. The van der Waals surface area contributed by atoms with Crippen molar-refractivity contribution in [2.75, 3.05) is 4.90 Å². The van der Waals surface area contributed by atoms with Gasteiger partial charge < -0.3 is 4.90 Å². The number of anilines is 3. The average molecular weight is 814 g/mol. The standard InChI is InChI=1S/C61H67N/c1-57(2,3)46-31-44(32-47(37-46)58(4,5)6)42-30-43(45-33-48(59(7,8)9)38-49(34-45)60(10,11)12)36-52(35-42)62(50-26-24-41(25-27-50)40-20-16-15-17-21-40)51-28-29-54-53-22-18-19-23-55(53)61(13,14)56(54)39-51/h15-39H,1-14H3. The first-order valence-corrected chi connectivity index (χ1v) is 22.7. The lowest BCUT2D eigenvalue weighted by Gasteiger charge is -2.30. The molecule has 1 nitrogen and oxygen atoms in total. The second-order valence-electron chi connectivity index (χ2n) is 22.5. The average Bonchev–Trinajstić information content (AvgIpc) is 3.45. The lowest BCUT2D eigenvalue weighted by molar-refractivity contribution is 0.568. The van der Waals surface area contributed by atoms with Crippen molar-refractivity contribution in [3.8, 4) is 44.5 Å². The lowest BCUT2D eigenvalue weighted by Crippen LogP contribution is -2.17. The molecule has 0 heterocycles. The molecule has 8 rings (SSSR count). The van der Waals surface area contributed by atoms with E-state index in [2.05, 4.69) is 253 Å². The van der Waals surface area contributed by atoms with Gasteiger partial charge in [0.25, 0.3) is 0 Å². The summed E-state index contributed by atoms with van der Waals surface area (Å²) in [4.78, 5) is 2.50. The Morgan fingerprint density at radius 3 is 1.19 bits per heavy atom. The second-order valence-corrected chi connectivity index (χ2v) is 22.5. The SMILES string of the molecule is CC(C)(C)c1cc(-c2cc(-c3cc(C(C)(C)C)cc(C(C)(C)C)c3)cc(N(c3ccc(-c4ccccc4)cc3)c3ccc4c(c3)C(C)(C)c3ccccc3-4)c2)cc(C(C)(C)C)c1. The third-order valence-corrected chi connectivity index (χ3v) is 13.2. The minimum absolute atomic E-state index is 0.0135. The Morgan fingerprint density at radius 1 is 0.306 bits per heavy atom. The highest BCUT2D eigenvalue weighted by molar-refractivity contribution is 5.89. The number of hydrogen-bond acceptors (Lipinski definition) is 1. The van der Waals surface area contributed by atoms with Gasteiger partial charge in [-0.2, -0.15) is 0 Å². The molecule has 0 radical (unpaired) electrons. The van der Waals surface area contributed by atoms with Gasteiger partial charge in [0.15, 0.2) is 0 Å². The predicted octanol–water partition coefficient (Wildman–Crippen LogP) is 17.7. The van der Waals surface area contributed by atoms with Gasteiger partial charge in [0.05, 0.1) is 0 Å². The molecule has 0 aliphatic heterocycles. The zero-order valence-corrected chi connectivity index (χ0v) is 39.9. The Labute approximate surface area is 373 Å². The minimum Gasteiger partial charge on any atom is -0.310 e. The molecule has 0 saturated carbocycles. The van der Waals surface area contributed by atoms with Crippen molar-refractivity contribution < 1.29 is 0 Å². The fourth-order valence-electron chi connectivity index (χ4n) is 9.11. The van der Waals surface area contributed by atoms with Gasteiger partial charge in [0.1, 0.15) is 0 Å². The Hall–Kier alpha value is -5.66. The van der Waals surface area contributed by atoms with Crippen LogP contribution in [0, 0.1) is 0 Å². The predicted molar refractivity (Wildman–Crippen MR) is 270 cm³/mol. The van der Waals surface area contributed by atoms with Crippen molar-refractivity contribution in [2.24, 2.45) is 0 Å². The van der Waals surface area contributed by atoms with E-state index in [4.69, 9.17) is 0 Å². The zero-order chi connectivity index (χ0) is 44.6. The van der Waals surface area contributed by atoms with Gasteiger partial charge >= 0.3 is 0 Å². The van der Waals surface area contributed by atoms with Crippen LogP contribution in [0.25, 0.3) is 44.5 Å². The molecule has 1 heteroatoms. The van der Waals surface area contributed by atoms with Crippen LogP contribution in [-0.4, -0.2) is 0 Å². The van der Waals surface area contributed by atoms with E-state index in [0.29, 0.717) is 0 Å². The molecule has 0 atom stereocenters. The second kappa shape index (κ2) is 15.3. The van der Waals surface area contributed by atoms with Crippen LogP contribution in [0.1, 0.15) is 130 Å². The Bertz CT molecular complexity index is 2610. The molecule has 0 saturated heterocycles. The summed E-state index contributed by atoms with van der Waals surface area (Å²) in [5, 5.41) is 0. The van der Waals surface area contributed by atoms with E-state index >= 15 is 0 Å². The van der Waals surface area contributed by atoms with Gasteiger partial charge in [-0.1, -0.05) is 206 Å². The molecule has 0 fully saturated rings. The van der Waals surface area contributed by atoms with Crippen LogP contribution >= 0.6 is 0 Å². The van der Waals surface area contributed by atoms with Gasteiger partial charge in [-0.05, 0) is 142 Å². The fourth-order valence-corrected chi connectivity index (χ4v) is 9.11. The Balaban J connectivity index is 1.43. The van der Waals surface area contributed by atoms with Crippen molar-refractivity contribution in [2.45, 2.75) is 124 Å². The van der Waals surface area contributed by atoms with Gasteiger partial charge in [-0.3, -0.25) is 0 Å². The summed E-state index contributed by atoms with van der Waals surface area (Å²) in [6.07, 6.45) is 0. The maximum atomic E-state index is 2.50. The Morgan fingerprint density at radius 2 is 0.710 bits per heavy atom. The highest BCUT2D eigenvalue weighted by Crippen LogP contribution is 2.51. The van der Waals surface area contributed by atoms with Crippen LogP contribution in [0.3, 0.4) is 0 Å². The molecule has 0 N–H and O–H groups in total. The number of hydrogen-bond donors (Lipinski definition) is 0. The molecule has 0 bridgehead atoms. The molecule has 0 spiro atoms. The summed E-state index contributed by atoms with van der Waals surface area (Å²) in [6.45, 7) is 32.8. The summed E-state index contributed by atoms with van der Waals surface area (Å²) in [5.74, 6) is 0. The van der Waals surface area contributed by atoms with Crippen LogP contribution in [0.5, 0.6) is 0 Å². The maximum absolute atomic E-state index is 2.50. The maximum Gasteiger partial charge on any atom is 0.0473 e. The number of fused-ring (bicyclic) bond motifs is 3. The lowest BCUT2D eigenvalue weighted by atomic mass is 9.78. The third kappa shape index (κ3) is 8.32. The van der Waals surface area contributed by atoms with E-state index in [1.807, 2.05) is 0 Å². The monoisotopic (exact) mass is 814 g/mol. The smallest absolute Gasteiger partial charge is 0.0473 e. The molecule has 7 aromatic carbocycles. The van der Waals surface area contributed by atoms with E-state index in [1.54, 1.807) is 0 Å². The summed E-state index contributed by atoms with van der Waals surface area (Å²) >= 11 is 0. The first-order chi connectivity index (χ1) is 29.0. The van der Waals surface area contributed by atoms with Gasteiger partial charge in [0.2, 0.25) is 0 Å². The molecule has 0 amide bonds. The molecule has 0 aromatic heterocycles. The van der Waals surface area contributed by atoms with Crippen LogP contribution < -0.4 is 4.90 Å². The van der Waals surface area contributed by atoms with Crippen molar-refractivity contribution in [1.29, 1.82) is 0 Å². The molecule has 1 aliphatic carbocycles. The summed E-state index contributed by atoms with van der Waals surface area (Å²) in [7, 11) is 0. The van der Waals surface area contributed by atoms with Gasteiger partial charge in [-0.15, -0.1) is 0 Å². The van der Waals surface area contributed by atoms with Crippen LogP contribution in [0.2, 0.25) is 0 Å². The molecular weight excluding hydrogens is 747 g/mol. The topological polar surface area (TPSA) is 3.24 Å². The fraction of sp³-hybridized carbons (Fsp3) is 0.311. The normalized spacial score (nSPS) is 13.8. The van der Waals surface area contributed by atoms with E-state index in [-0.39, 0.29) is 27.1 Å².